The molecule has 6 nitrogen and oxygen atoms in total. The molecule has 3 rings (SSSR count). The van der Waals surface area contributed by atoms with E-state index in [0.717, 1.165) is 17.0 Å². The number of hydrogen-bond acceptors (Lipinski definition) is 6. The molecule has 1 aliphatic rings. The van der Waals surface area contributed by atoms with Crippen LogP contribution in [0, 0.1) is 0 Å². The molecule has 23 heavy (non-hydrogen) atoms. The third-order valence-corrected chi connectivity index (χ3v) is 4.13. The second kappa shape index (κ2) is 6.93. The minimum atomic E-state index is -0.336. The normalized spacial score (nSPS) is 21.3. The van der Waals surface area contributed by atoms with Crippen LogP contribution in [0.3, 0.4) is 0 Å². The van der Waals surface area contributed by atoms with Gasteiger partial charge in [-0.25, -0.2) is 0 Å². The number of methoxy groups -OCH3 is 2. The number of ether oxygens (including phenoxy) is 2. The third-order valence-electron chi connectivity index (χ3n) is 4.13. The van der Waals surface area contributed by atoms with Crippen LogP contribution >= 0.6 is 0 Å². The van der Waals surface area contributed by atoms with Crippen LogP contribution in [0.2, 0.25) is 0 Å². The first-order chi connectivity index (χ1) is 11.2. The molecule has 6 heteroatoms. The zero-order chi connectivity index (χ0) is 16.2. The molecule has 1 aliphatic heterocycles. The van der Waals surface area contributed by atoms with E-state index in [0.29, 0.717) is 25.4 Å². The lowest BCUT2D eigenvalue weighted by Gasteiger charge is -2.24. The predicted octanol–water partition coefficient (Wildman–Crippen LogP) is 1.80. The highest BCUT2D eigenvalue weighted by molar-refractivity contribution is 5.31. The Morgan fingerprint density at radius 2 is 2.04 bits per heavy atom. The Hall–Kier alpha value is -2.18. The Balaban J connectivity index is 1.78. The van der Waals surface area contributed by atoms with Gasteiger partial charge in [0.2, 0.25) is 5.88 Å². The number of aliphatic hydroxyl groups is 1. The molecule has 1 fully saturated rings. The summed E-state index contributed by atoms with van der Waals surface area (Å²) in [7, 11) is 3.23. The maximum atomic E-state index is 10.1. The molecule has 1 N–H and O–H groups in total. The van der Waals surface area contributed by atoms with Gasteiger partial charge < -0.3 is 14.6 Å². The molecule has 2 heterocycles. The first kappa shape index (κ1) is 15.7. The summed E-state index contributed by atoms with van der Waals surface area (Å²) in [4.78, 5) is 2.22. The number of benzene rings is 1. The van der Waals surface area contributed by atoms with Crippen molar-refractivity contribution >= 4 is 0 Å². The molecule has 0 bridgehead atoms. The molecule has 0 amide bonds. The minimum Gasteiger partial charge on any atom is -0.497 e. The SMILES string of the molecule is COc1cccc(C2CC(O)CN2Cc2ccc(OC)nn2)c1. The van der Waals surface area contributed by atoms with E-state index in [1.165, 1.54) is 0 Å². The minimum absolute atomic E-state index is 0.143. The van der Waals surface area contributed by atoms with Crippen molar-refractivity contribution < 1.29 is 14.6 Å². The van der Waals surface area contributed by atoms with E-state index < -0.39 is 0 Å². The maximum Gasteiger partial charge on any atom is 0.233 e. The van der Waals surface area contributed by atoms with Crippen molar-refractivity contribution in [2.24, 2.45) is 0 Å². The monoisotopic (exact) mass is 315 g/mol. The van der Waals surface area contributed by atoms with Crippen LogP contribution < -0.4 is 9.47 Å². The van der Waals surface area contributed by atoms with Gasteiger partial charge in [-0.05, 0) is 30.2 Å². The van der Waals surface area contributed by atoms with Crippen LogP contribution in [-0.4, -0.2) is 47.1 Å². The fourth-order valence-corrected chi connectivity index (χ4v) is 3.00. The average molecular weight is 315 g/mol. The highest BCUT2D eigenvalue weighted by atomic mass is 16.5. The number of nitrogens with zero attached hydrogens (tertiary/aromatic N) is 3. The standard InChI is InChI=1S/C17H21N3O3/c1-22-15-5-3-4-12(8-15)16-9-14(21)11-20(16)10-13-6-7-17(23-2)19-18-13/h3-8,14,16,21H,9-11H2,1-2H3. The molecule has 2 atom stereocenters. The lowest BCUT2D eigenvalue weighted by Crippen LogP contribution is -2.25. The van der Waals surface area contributed by atoms with Crippen LogP contribution in [0.5, 0.6) is 11.6 Å². The van der Waals surface area contributed by atoms with Crippen molar-refractivity contribution in [1.29, 1.82) is 0 Å². The highest BCUT2D eigenvalue weighted by Gasteiger charge is 2.32. The number of aromatic nitrogens is 2. The largest absolute Gasteiger partial charge is 0.497 e. The van der Waals surface area contributed by atoms with E-state index in [9.17, 15) is 5.11 Å². The summed E-state index contributed by atoms with van der Waals surface area (Å²) >= 11 is 0. The summed E-state index contributed by atoms with van der Waals surface area (Å²) in [6.07, 6.45) is 0.369. The Labute approximate surface area is 135 Å². The van der Waals surface area contributed by atoms with Crippen LogP contribution in [-0.2, 0) is 6.54 Å². The van der Waals surface area contributed by atoms with Gasteiger partial charge in [-0.2, -0.15) is 5.10 Å². The van der Waals surface area contributed by atoms with Gasteiger partial charge in [0.25, 0.3) is 0 Å². The predicted molar refractivity (Wildman–Crippen MR) is 85.4 cm³/mol. The quantitative estimate of drug-likeness (QED) is 0.907. The Bertz CT molecular complexity index is 648. The summed E-state index contributed by atoms with van der Waals surface area (Å²) in [6.45, 7) is 1.26. The van der Waals surface area contributed by atoms with E-state index in [2.05, 4.69) is 21.2 Å². The summed E-state index contributed by atoms with van der Waals surface area (Å²) in [6, 6.07) is 11.8. The average Bonchev–Trinajstić information content (AvgIpc) is 2.96. The zero-order valence-electron chi connectivity index (χ0n) is 13.3. The summed E-state index contributed by atoms with van der Waals surface area (Å²) in [5, 5.41) is 18.3. The lowest BCUT2D eigenvalue weighted by atomic mass is 10.0. The molecule has 1 aromatic carbocycles. The van der Waals surface area contributed by atoms with Gasteiger partial charge >= 0.3 is 0 Å². The van der Waals surface area contributed by atoms with Gasteiger partial charge in [0.05, 0.1) is 26.0 Å². The van der Waals surface area contributed by atoms with Crippen molar-refractivity contribution in [3.63, 3.8) is 0 Å². The Kier molecular flexibility index (Phi) is 4.73. The highest BCUT2D eigenvalue weighted by Crippen LogP contribution is 2.34. The molecular formula is C17H21N3O3. The number of hydrogen-bond donors (Lipinski definition) is 1. The topological polar surface area (TPSA) is 67.7 Å². The van der Waals surface area contributed by atoms with E-state index in [-0.39, 0.29) is 12.1 Å². The van der Waals surface area contributed by atoms with E-state index >= 15 is 0 Å². The van der Waals surface area contributed by atoms with Crippen molar-refractivity contribution in [3.8, 4) is 11.6 Å². The molecule has 2 aromatic rings. The van der Waals surface area contributed by atoms with Crippen molar-refractivity contribution in [2.75, 3.05) is 20.8 Å². The van der Waals surface area contributed by atoms with Gasteiger partial charge in [0, 0.05) is 25.2 Å². The molecule has 0 spiro atoms. The number of β-amino-alcohol motifs (C(OH)–C–C–N with tert-alkyl or cyclic N) is 1. The maximum absolute atomic E-state index is 10.1. The van der Waals surface area contributed by atoms with Gasteiger partial charge in [0.15, 0.2) is 0 Å². The molecule has 0 aliphatic carbocycles. The van der Waals surface area contributed by atoms with Gasteiger partial charge in [-0.3, -0.25) is 4.90 Å². The third kappa shape index (κ3) is 3.60. The van der Waals surface area contributed by atoms with Crippen molar-refractivity contribution in [2.45, 2.75) is 25.1 Å². The Morgan fingerprint density at radius 1 is 1.17 bits per heavy atom. The summed E-state index contributed by atoms with van der Waals surface area (Å²) in [5.74, 6) is 1.33. The van der Waals surface area contributed by atoms with Crippen LogP contribution in [0.15, 0.2) is 36.4 Å². The molecule has 1 aromatic heterocycles. The molecule has 1 saturated heterocycles. The van der Waals surface area contributed by atoms with Gasteiger partial charge in [-0.1, -0.05) is 12.1 Å². The first-order valence-corrected chi connectivity index (χ1v) is 7.62. The number of likely N-dealkylation sites (tertiary alicyclic amines) is 1. The fourth-order valence-electron chi connectivity index (χ4n) is 3.00. The molecule has 2 unspecified atom stereocenters. The zero-order valence-corrected chi connectivity index (χ0v) is 13.3. The number of rotatable bonds is 5. The molecular weight excluding hydrogens is 294 g/mol. The van der Waals surface area contributed by atoms with Gasteiger partial charge in [0.1, 0.15) is 5.75 Å². The van der Waals surface area contributed by atoms with Crippen LogP contribution in [0.4, 0.5) is 0 Å². The summed E-state index contributed by atoms with van der Waals surface area (Å²) in [5.41, 5.74) is 2.00. The second-order valence-electron chi connectivity index (χ2n) is 5.68. The molecule has 122 valence electrons. The van der Waals surface area contributed by atoms with E-state index in [4.69, 9.17) is 9.47 Å². The fraction of sp³-hybridized carbons (Fsp3) is 0.412. The first-order valence-electron chi connectivity index (χ1n) is 7.62. The van der Waals surface area contributed by atoms with Crippen molar-refractivity contribution in [1.82, 2.24) is 15.1 Å². The van der Waals surface area contributed by atoms with E-state index in [1.54, 1.807) is 20.3 Å². The smallest absolute Gasteiger partial charge is 0.233 e. The van der Waals surface area contributed by atoms with Gasteiger partial charge in [-0.15, -0.1) is 5.10 Å². The number of aliphatic hydroxyl groups excluding tert-OH is 1. The van der Waals surface area contributed by atoms with Crippen LogP contribution in [0.25, 0.3) is 0 Å². The lowest BCUT2D eigenvalue weighted by molar-refractivity contribution is 0.172. The second-order valence-corrected chi connectivity index (χ2v) is 5.68. The molecule has 0 radical (unpaired) electrons. The van der Waals surface area contributed by atoms with E-state index in [1.807, 2.05) is 24.3 Å². The van der Waals surface area contributed by atoms with Crippen LogP contribution in [0.1, 0.15) is 23.7 Å². The van der Waals surface area contributed by atoms with Crippen molar-refractivity contribution in [3.05, 3.63) is 47.7 Å². The Morgan fingerprint density at radius 3 is 2.74 bits per heavy atom. The molecule has 0 saturated carbocycles. The summed E-state index contributed by atoms with van der Waals surface area (Å²) < 4.78 is 10.3.